The Morgan fingerprint density at radius 3 is 2.56 bits per heavy atom. The molecule has 0 bridgehead atoms. The summed E-state index contributed by atoms with van der Waals surface area (Å²) in [4.78, 5) is 20.7. The first-order valence-electron chi connectivity index (χ1n) is 8.75. The summed E-state index contributed by atoms with van der Waals surface area (Å²) in [6.45, 7) is 6.93. The molecule has 0 radical (unpaired) electrons. The van der Waals surface area contributed by atoms with Crippen LogP contribution in [0.5, 0.6) is 0 Å². The first-order chi connectivity index (χ1) is 12.0. The maximum Gasteiger partial charge on any atom is 0.275 e. The molecule has 1 aromatic carbocycles. The highest BCUT2D eigenvalue weighted by molar-refractivity contribution is 5.92. The molecule has 0 saturated carbocycles. The van der Waals surface area contributed by atoms with Crippen LogP contribution >= 0.6 is 0 Å². The van der Waals surface area contributed by atoms with Crippen molar-refractivity contribution in [3.8, 4) is 0 Å². The van der Waals surface area contributed by atoms with Crippen molar-refractivity contribution in [2.75, 3.05) is 13.1 Å². The Morgan fingerprint density at radius 2 is 1.92 bits per heavy atom. The van der Waals surface area contributed by atoms with E-state index in [0.717, 1.165) is 31.5 Å². The summed E-state index contributed by atoms with van der Waals surface area (Å²) in [7, 11) is 0. The highest BCUT2D eigenvalue weighted by atomic mass is 19.1. The summed E-state index contributed by atoms with van der Waals surface area (Å²) in [6, 6.07) is 6.75. The molecule has 0 aliphatic carbocycles. The zero-order chi connectivity index (χ0) is 17.8. The van der Waals surface area contributed by atoms with E-state index in [-0.39, 0.29) is 17.8 Å². The van der Waals surface area contributed by atoms with Crippen molar-refractivity contribution in [3.63, 3.8) is 0 Å². The lowest BCUT2D eigenvalue weighted by Gasteiger charge is -2.25. The van der Waals surface area contributed by atoms with E-state index in [2.05, 4.69) is 23.7 Å². The molecule has 0 unspecified atom stereocenters. The predicted molar refractivity (Wildman–Crippen MR) is 92.4 cm³/mol. The van der Waals surface area contributed by atoms with Crippen LogP contribution in [-0.2, 0) is 13.1 Å². The Bertz CT molecular complexity index is 706. The number of amides is 1. The lowest BCUT2D eigenvalue weighted by molar-refractivity contribution is 0.0787. The topological polar surface area (TPSA) is 49.6 Å². The van der Waals surface area contributed by atoms with Gasteiger partial charge in [-0.15, -0.1) is 0 Å². The van der Waals surface area contributed by atoms with E-state index in [1.807, 2.05) is 4.90 Å². The van der Waals surface area contributed by atoms with E-state index in [1.165, 1.54) is 18.4 Å². The molecule has 1 saturated heterocycles. The van der Waals surface area contributed by atoms with Crippen molar-refractivity contribution < 1.29 is 13.6 Å². The highest BCUT2D eigenvalue weighted by Gasteiger charge is 2.23. The zero-order valence-electron chi connectivity index (χ0n) is 14.7. The fourth-order valence-electron chi connectivity index (χ4n) is 2.98. The van der Waals surface area contributed by atoms with Gasteiger partial charge in [-0.05, 0) is 44.4 Å². The van der Waals surface area contributed by atoms with Crippen LogP contribution in [0.3, 0.4) is 0 Å². The summed E-state index contributed by atoms with van der Waals surface area (Å²) in [5.41, 5.74) is 1.40. The van der Waals surface area contributed by atoms with Crippen LogP contribution < -0.4 is 0 Å². The number of carbonyl (C=O) groups excluding carboxylic acids is 1. The van der Waals surface area contributed by atoms with Gasteiger partial charge in [-0.3, -0.25) is 9.69 Å². The minimum absolute atomic E-state index is 0.0536. The predicted octanol–water partition coefficient (Wildman–Crippen LogP) is 3.46. The smallest absolute Gasteiger partial charge is 0.275 e. The first-order valence-corrected chi connectivity index (χ1v) is 8.75. The van der Waals surface area contributed by atoms with Crippen LogP contribution in [-0.4, -0.2) is 39.8 Å². The molecule has 0 N–H and O–H groups in total. The van der Waals surface area contributed by atoms with Gasteiger partial charge in [0.1, 0.15) is 12.1 Å². The minimum atomic E-state index is -0.238. The van der Waals surface area contributed by atoms with E-state index < -0.39 is 0 Å². The van der Waals surface area contributed by atoms with Crippen LogP contribution in [0, 0.1) is 5.82 Å². The zero-order valence-corrected chi connectivity index (χ0v) is 14.7. The third-order valence-electron chi connectivity index (χ3n) is 4.53. The van der Waals surface area contributed by atoms with Gasteiger partial charge >= 0.3 is 0 Å². The molecule has 5 nitrogen and oxygen atoms in total. The van der Waals surface area contributed by atoms with Crippen molar-refractivity contribution in [1.29, 1.82) is 0 Å². The van der Waals surface area contributed by atoms with Crippen LogP contribution in [0.25, 0.3) is 0 Å². The Hall–Kier alpha value is -2.21. The summed E-state index contributed by atoms with van der Waals surface area (Å²) < 4.78 is 18.6. The van der Waals surface area contributed by atoms with Gasteiger partial charge in [0.2, 0.25) is 5.89 Å². The quantitative estimate of drug-likeness (QED) is 0.804. The number of aromatic nitrogens is 1. The molecule has 1 aliphatic heterocycles. The van der Waals surface area contributed by atoms with Crippen LogP contribution in [0.4, 0.5) is 4.39 Å². The van der Waals surface area contributed by atoms with Gasteiger partial charge in [0.05, 0.1) is 6.54 Å². The molecule has 0 atom stereocenters. The summed E-state index contributed by atoms with van der Waals surface area (Å²) >= 11 is 0. The molecule has 2 heterocycles. The third-order valence-corrected chi connectivity index (χ3v) is 4.53. The van der Waals surface area contributed by atoms with E-state index in [1.54, 1.807) is 12.1 Å². The molecule has 1 aromatic heterocycles. The molecule has 0 spiro atoms. The minimum Gasteiger partial charge on any atom is -0.447 e. The van der Waals surface area contributed by atoms with Crippen LogP contribution in [0.2, 0.25) is 0 Å². The monoisotopic (exact) mass is 345 g/mol. The second-order valence-corrected chi connectivity index (χ2v) is 6.75. The van der Waals surface area contributed by atoms with Gasteiger partial charge in [-0.25, -0.2) is 9.37 Å². The number of rotatable bonds is 6. The lowest BCUT2D eigenvalue weighted by atomic mass is 10.2. The van der Waals surface area contributed by atoms with Crippen LogP contribution in [0.15, 0.2) is 34.9 Å². The van der Waals surface area contributed by atoms with Gasteiger partial charge in [0.15, 0.2) is 5.69 Å². The van der Waals surface area contributed by atoms with E-state index in [9.17, 15) is 9.18 Å². The molecule has 6 heteroatoms. The molecule has 25 heavy (non-hydrogen) atoms. The number of oxazole rings is 1. The normalized spacial score (nSPS) is 14.7. The number of nitrogens with zero attached hydrogens (tertiary/aromatic N) is 3. The van der Waals surface area contributed by atoms with E-state index >= 15 is 0 Å². The summed E-state index contributed by atoms with van der Waals surface area (Å²) in [5, 5.41) is 0. The SMILES string of the molecule is CC(C)N(Cc1ccc(F)cc1)Cc1nc(C(=O)N2CCCC2)co1. The molecule has 2 aromatic rings. The third kappa shape index (κ3) is 4.45. The Morgan fingerprint density at radius 1 is 1.24 bits per heavy atom. The van der Waals surface area contributed by atoms with Crippen LogP contribution in [0.1, 0.15) is 48.6 Å². The highest BCUT2D eigenvalue weighted by Crippen LogP contribution is 2.16. The number of likely N-dealkylation sites (tertiary alicyclic amines) is 1. The van der Waals surface area contributed by atoms with Gasteiger partial charge < -0.3 is 9.32 Å². The number of benzene rings is 1. The fraction of sp³-hybridized carbons (Fsp3) is 0.474. The number of hydrogen-bond acceptors (Lipinski definition) is 4. The summed E-state index contributed by atoms with van der Waals surface area (Å²) in [6.07, 6.45) is 3.55. The van der Waals surface area contributed by atoms with Crippen molar-refractivity contribution >= 4 is 5.91 Å². The molecular formula is C19H24FN3O2. The van der Waals surface area contributed by atoms with Crippen molar-refractivity contribution in [1.82, 2.24) is 14.8 Å². The average molecular weight is 345 g/mol. The fourth-order valence-corrected chi connectivity index (χ4v) is 2.98. The van der Waals surface area contributed by atoms with Gasteiger partial charge in [0.25, 0.3) is 5.91 Å². The van der Waals surface area contributed by atoms with E-state index in [0.29, 0.717) is 24.7 Å². The number of halogens is 1. The van der Waals surface area contributed by atoms with Gasteiger partial charge in [0, 0.05) is 25.7 Å². The van der Waals surface area contributed by atoms with Crippen molar-refractivity contribution in [3.05, 3.63) is 53.5 Å². The largest absolute Gasteiger partial charge is 0.447 e. The molecule has 1 fully saturated rings. The number of carbonyl (C=O) groups is 1. The average Bonchev–Trinajstić information content (AvgIpc) is 3.27. The summed E-state index contributed by atoms with van der Waals surface area (Å²) in [5.74, 6) is 0.234. The standard InChI is InChI=1S/C19H24FN3O2/c1-14(2)23(11-15-5-7-16(20)8-6-15)12-18-21-17(13-25-18)19(24)22-9-3-4-10-22/h5-8,13-14H,3-4,9-12H2,1-2H3. The van der Waals surface area contributed by atoms with Crippen molar-refractivity contribution in [2.45, 2.75) is 45.8 Å². The Kier molecular flexibility index (Phi) is 5.48. The first kappa shape index (κ1) is 17.6. The maximum atomic E-state index is 13.1. The Labute approximate surface area is 147 Å². The Balaban J connectivity index is 1.66. The van der Waals surface area contributed by atoms with Crippen molar-refractivity contribution in [2.24, 2.45) is 0 Å². The van der Waals surface area contributed by atoms with Gasteiger partial charge in [-0.1, -0.05) is 12.1 Å². The molecule has 3 rings (SSSR count). The lowest BCUT2D eigenvalue weighted by Crippen LogP contribution is -2.30. The second-order valence-electron chi connectivity index (χ2n) is 6.75. The molecular weight excluding hydrogens is 321 g/mol. The van der Waals surface area contributed by atoms with E-state index in [4.69, 9.17) is 4.42 Å². The van der Waals surface area contributed by atoms with Gasteiger partial charge in [-0.2, -0.15) is 0 Å². The second kappa shape index (κ2) is 7.78. The molecule has 1 amide bonds. The molecule has 134 valence electrons. The maximum absolute atomic E-state index is 13.1. The molecule has 1 aliphatic rings. The number of hydrogen-bond donors (Lipinski definition) is 0.